The molecule has 0 radical (unpaired) electrons. The Morgan fingerprint density at radius 2 is 1.74 bits per heavy atom. The maximum atomic E-state index is 12.0. The minimum atomic E-state index is -0.815. The lowest BCUT2D eigenvalue weighted by Crippen LogP contribution is -2.15. The quantitative estimate of drug-likeness (QED) is 0.749. The molecule has 0 fully saturated rings. The largest absolute Gasteiger partial charge is 0.388 e. The number of rotatable bonds is 5. The van der Waals surface area contributed by atoms with Crippen LogP contribution in [0.25, 0.3) is 10.4 Å². The van der Waals surface area contributed by atoms with Gasteiger partial charge in [-0.1, -0.05) is 72.0 Å². The molecule has 1 heterocycles. The number of aromatic nitrogens is 1. The molecule has 23 heavy (non-hydrogen) atoms. The van der Waals surface area contributed by atoms with Gasteiger partial charge in [0, 0.05) is 6.20 Å². The summed E-state index contributed by atoms with van der Waals surface area (Å²) < 4.78 is 0. The number of carbonyl (C=O) groups is 1. The van der Waals surface area contributed by atoms with Crippen LogP contribution in [0, 0.1) is 0 Å². The van der Waals surface area contributed by atoms with Gasteiger partial charge in [-0.05, 0) is 11.1 Å². The van der Waals surface area contributed by atoms with Gasteiger partial charge in [0.15, 0.2) is 5.13 Å². The van der Waals surface area contributed by atoms with Crippen molar-refractivity contribution in [3.05, 3.63) is 72.4 Å². The molecule has 4 nitrogen and oxygen atoms in total. The molecule has 0 saturated carbocycles. The van der Waals surface area contributed by atoms with Gasteiger partial charge in [-0.25, -0.2) is 4.98 Å². The summed E-state index contributed by atoms with van der Waals surface area (Å²) in [5.74, 6) is -0.254. The Morgan fingerprint density at radius 3 is 2.43 bits per heavy atom. The molecule has 5 heteroatoms. The number of thiazole rings is 1. The molecule has 116 valence electrons. The van der Waals surface area contributed by atoms with Gasteiger partial charge in [-0.15, -0.1) is 0 Å². The Hall–Kier alpha value is -2.50. The molecule has 0 saturated heterocycles. The van der Waals surface area contributed by atoms with E-state index in [9.17, 15) is 9.90 Å². The van der Waals surface area contributed by atoms with Crippen LogP contribution < -0.4 is 5.32 Å². The van der Waals surface area contributed by atoms with Crippen molar-refractivity contribution in [2.75, 3.05) is 5.32 Å². The van der Waals surface area contributed by atoms with Crippen LogP contribution in [-0.4, -0.2) is 16.0 Å². The molecule has 0 aliphatic carbocycles. The average Bonchev–Trinajstić information content (AvgIpc) is 3.04. The number of nitrogens with one attached hydrogen (secondary N) is 1. The van der Waals surface area contributed by atoms with Gasteiger partial charge in [-0.2, -0.15) is 0 Å². The van der Waals surface area contributed by atoms with E-state index in [4.69, 9.17) is 0 Å². The van der Waals surface area contributed by atoms with Gasteiger partial charge >= 0.3 is 0 Å². The Labute approximate surface area is 138 Å². The first-order chi connectivity index (χ1) is 11.2. The summed E-state index contributed by atoms with van der Waals surface area (Å²) >= 11 is 1.41. The Balaban J connectivity index is 1.61. The summed E-state index contributed by atoms with van der Waals surface area (Å²) in [7, 11) is 0. The van der Waals surface area contributed by atoms with Crippen LogP contribution >= 0.6 is 11.3 Å². The van der Waals surface area contributed by atoms with Gasteiger partial charge in [-0.3, -0.25) is 4.79 Å². The van der Waals surface area contributed by atoms with E-state index >= 15 is 0 Å². The number of aliphatic hydroxyl groups excluding tert-OH is 1. The van der Waals surface area contributed by atoms with E-state index in [1.54, 1.807) is 18.3 Å². The maximum absolute atomic E-state index is 12.0. The van der Waals surface area contributed by atoms with E-state index in [-0.39, 0.29) is 12.3 Å². The Morgan fingerprint density at radius 1 is 1.09 bits per heavy atom. The summed E-state index contributed by atoms with van der Waals surface area (Å²) in [5, 5.41) is 13.4. The average molecular weight is 324 g/mol. The SMILES string of the molecule is O=C(CC(O)c1ccccc1)Nc1ncc(-c2ccccc2)s1. The van der Waals surface area contributed by atoms with E-state index in [1.807, 2.05) is 48.5 Å². The molecule has 0 spiro atoms. The van der Waals surface area contributed by atoms with Crippen LogP contribution in [0.5, 0.6) is 0 Å². The molecule has 0 aliphatic rings. The predicted octanol–water partition coefficient (Wildman–Crippen LogP) is 3.87. The van der Waals surface area contributed by atoms with Crippen molar-refractivity contribution in [2.24, 2.45) is 0 Å². The fraction of sp³-hybridized carbons (Fsp3) is 0.111. The van der Waals surface area contributed by atoms with Gasteiger partial charge < -0.3 is 10.4 Å². The van der Waals surface area contributed by atoms with Crippen molar-refractivity contribution < 1.29 is 9.90 Å². The lowest BCUT2D eigenvalue weighted by atomic mass is 10.1. The first-order valence-corrected chi connectivity index (χ1v) is 8.08. The lowest BCUT2D eigenvalue weighted by molar-refractivity contribution is -0.118. The molecule has 1 aromatic heterocycles. The first-order valence-electron chi connectivity index (χ1n) is 7.26. The van der Waals surface area contributed by atoms with Gasteiger partial charge in [0.1, 0.15) is 0 Å². The van der Waals surface area contributed by atoms with Crippen LogP contribution in [0.1, 0.15) is 18.1 Å². The smallest absolute Gasteiger partial charge is 0.229 e. The number of carbonyl (C=O) groups excluding carboxylic acids is 1. The minimum absolute atomic E-state index is 0.00423. The van der Waals surface area contributed by atoms with E-state index in [1.165, 1.54) is 11.3 Å². The molecular formula is C18H16N2O2S. The Bertz CT molecular complexity index is 772. The van der Waals surface area contributed by atoms with Crippen LogP contribution in [0.15, 0.2) is 66.9 Å². The summed E-state index contributed by atoms with van der Waals surface area (Å²) in [4.78, 5) is 17.2. The number of benzene rings is 2. The molecule has 2 aromatic carbocycles. The van der Waals surface area contributed by atoms with Crippen molar-refractivity contribution >= 4 is 22.4 Å². The Kier molecular flexibility index (Phi) is 4.80. The van der Waals surface area contributed by atoms with Gasteiger partial charge in [0.05, 0.1) is 17.4 Å². The number of hydrogen-bond acceptors (Lipinski definition) is 4. The van der Waals surface area contributed by atoms with Crippen molar-refractivity contribution in [2.45, 2.75) is 12.5 Å². The van der Waals surface area contributed by atoms with Crippen LogP contribution in [0.2, 0.25) is 0 Å². The number of aliphatic hydroxyl groups is 1. The third-order valence-electron chi connectivity index (χ3n) is 3.37. The van der Waals surface area contributed by atoms with Crippen molar-refractivity contribution in [3.63, 3.8) is 0 Å². The molecule has 1 unspecified atom stereocenters. The lowest BCUT2D eigenvalue weighted by Gasteiger charge is -2.09. The van der Waals surface area contributed by atoms with Crippen molar-refractivity contribution in [1.82, 2.24) is 4.98 Å². The number of nitrogens with zero attached hydrogens (tertiary/aromatic N) is 1. The normalized spacial score (nSPS) is 11.9. The van der Waals surface area contributed by atoms with Gasteiger partial charge in [0.2, 0.25) is 5.91 Å². The highest BCUT2D eigenvalue weighted by Crippen LogP contribution is 2.29. The molecule has 1 amide bonds. The second-order valence-electron chi connectivity index (χ2n) is 5.07. The van der Waals surface area contributed by atoms with E-state index in [0.29, 0.717) is 5.13 Å². The minimum Gasteiger partial charge on any atom is -0.388 e. The summed E-state index contributed by atoms with van der Waals surface area (Å²) in [6.07, 6.45) is 0.929. The molecular weight excluding hydrogens is 308 g/mol. The van der Waals surface area contributed by atoms with E-state index < -0.39 is 6.10 Å². The summed E-state index contributed by atoms with van der Waals surface area (Å²) in [6, 6.07) is 19.0. The molecule has 3 rings (SSSR count). The molecule has 1 atom stereocenters. The third kappa shape index (κ3) is 4.03. The highest BCUT2D eigenvalue weighted by atomic mass is 32.1. The molecule has 0 aliphatic heterocycles. The zero-order chi connectivity index (χ0) is 16.1. The molecule has 0 bridgehead atoms. The summed E-state index contributed by atoms with van der Waals surface area (Å²) in [5.41, 5.74) is 1.79. The fourth-order valence-electron chi connectivity index (χ4n) is 2.21. The molecule has 3 aromatic rings. The zero-order valence-corrected chi connectivity index (χ0v) is 13.2. The van der Waals surface area contributed by atoms with Crippen molar-refractivity contribution in [3.8, 4) is 10.4 Å². The van der Waals surface area contributed by atoms with E-state index in [0.717, 1.165) is 16.0 Å². The monoisotopic (exact) mass is 324 g/mol. The highest BCUT2D eigenvalue weighted by molar-refractivity contribution is 7.19. The second kappa shape index (κ2) is 7.17. The fourth-order valence-corrected chi connectivity index (χ4v) is 3.04. The van der Waals surface area contributed by atoms with Crippen LogP contribution in [-0.2, 0) is 4.79 Å². The third-order valence-corrected chi connectivity index (χ3v) is 4.34. The second-order valence-corrected chi connectivity index (χ2v) is 6.11. The van der Waals surface area contributed by atoms with Crippen LogP contribution in [0.4, 0.5) is 5.13 Å². The molecule has 2 N–H and O–H groups in total. The summed E-state index contributed by atoms with van der Waals surface area (Å²) in [6.45, 7) is 0. The number of hydrogen-bond donors (Lipinski definition) is 2. The van der Waals surface area contributed by atoms with Crippen molar-refractivity contribution in [1.29, 1.82) is 0 Å². The highest BCUT2D eigenvalue weighted by Gasteiger charge is 2.14. The first kappa shape index (κ1) is 15.4. The number of anilines is 1. The zero-order valence-electron chi connectivity index (χ0n) is 12.3. The topological polar surface area (TPSA) is 62.2 Å². The van der Waals surface area contributed by atoms with Gasteiger partial charge in [0.25, 0.3) is 0 Å². The predicted molar refractivity (Wildman–Crippen MR) is 92.2 cm³/mol. The number of amides is 1. The standard InChI is InChI=1S/C18H16N2O2S/c21-15(13-7-3-1-4-8-13)11-17(22)20-18-19-12-16(23-18)14-9-5-2-6-10-14/h1-10,12,15,21H,11H2,(H,19,20,22). The maximum Gasteiger partial charge on any atom is 0.229 e. The van der Waals surface area contributed by atoms with Crippen LogP contribution in [0.3, 0.4) is 0 Å². The van der Waals surface area contributed by atoms with E-state index in [2.05, 4.69) is 10.3 Å².